The second-order valence-electron chi connectivity index (χ2n) is 7.59. The molecule has 0 saturated heterocycles. The topological polar surface area (TPSA) is 49.4 Å². The number of carbonyl (C=O) groups excluding carboxylic acids is 2. The molecule has 1 heterocycles. The monoisotopic (exact) mass is 426 g/mol. The van der Waals surface area contributed by atoms with Crippen LogP contribution in [0.5, 0.6) is 0 Å². The lowest BCUT2D eigenvalue weighted by Gasteiger charge is -2.31. The molecule has 0 unspecified atom stereocenters. The van der Waals surface area contributed by atoms with Crippen LogP contribution < -0.4 is 5.32 Å². The molecule has 5 heteroatoms. The summed E-state index contributed by atoms with van der Waals surface area (Å²) < 4.78 is 0. The lowest BCUT2D eigenvalue weighted by molar-refractivity contribution is -0.117. The molecular weight excluding hydrogens is 408 g/mol. The molecule has 0 spiro atoms. The highest BCUT2D eigenvalue weighted by molar-refractivity contribution is 6.30. The first kappa shape index (κ1) is 19.3. The number of amides is 2. The number of benzene rings is 4. The number of nitrogens with zero attached hydrogens (tertiary/aromatic N) is 1. The third-order valence-electron chi connectivity index (χ3n) is 5.58. The van der Waals surface area contributed by atoms with Crippen molar-refractivity contribution >= 4 is 39.9 Å². The second kappa shape index (κ2) is 7.89. The highest BCUT2D eigenvalue weighted by Crippen LogP contribution is 2.38. The molecule has 0 aromatic heterocycles. The van der Waals surface area contributed by atoms with Gasteiger partial charge in [-0.2, -0.15) is 0 Å². The number of fused-ring (bicyclic) bond motifs is 2. The van der Waals surface area contributed by atoms with E-state index in [2.05, 4.69) is 5.32 Å². The van der Waals surface area contributed by atoms with E-state index >= 15 is 0 Å². The smallest absolute Gasteiger partial charge is 0.255 e. The molecule has 1 atom stereocenters. The molecule has 31 heavy (non-hydrogen) atoms. The predicted octanol–water partition coefficient (Wildman–Crippen LogP) is 5.68. The second-order valence-corrected chi connectivity index (χ2v) is 8.02. The molecule has 0 fully saturated rings. The van der Waals surface area contributed by atoms with Crippen LogP contribution in [0.3, 0.4) is 0 Å². The maximum Gasteiger partial charge on any atom is 0.255 e. The largest absolute Gasteiger partial charge is 0.324 e. The van der Waals surface area contributed by atoms with Gasteiger partial charge in [-0.1, -0.05) is 72.3 Å². The van der Waals surface area contributed by atoms with E-state index in [1.807, 2.05) is 78.9 Å². The number of halogens is 1. The average Bonchev–Trinajstić information content (AvgIpc) is 2.94. The van der Waals surface area contributed by atoms with E-state index in [9.17, 15) is 9.59 Å². The molecule has 152 valence electrons. The molecule has 5 rings (SSSR count). The first-order valence-electron chi connectivity index (χ1n) is 10.0. The maximum absolute atomic E-state index is 13.7. The van der Waals surface area contributed by atoms with Crippen LogP contribution in [0, 0.1) is 0 Å². The van der Waals surface area contributed by atoms with Gasteiger partial charge in [-0.25, -0.2) is 0 Å². The molecule has 1 aliphatic heterocycles. The predicted molar refractivity (Wildman–Crippen MR) is 123 cm³/mol. The first-order chi connectivity index (χ1) is 15.1. The van der Waals surface area contributed by atoms with Crippen molar-refractivity contribution < 1.29 is 9.59 Å². The van der Waals surface area contributed by atoms with Crippen LogP contribution in [0.15, 0.2) is 91.0 Å². The van der Waals surface area contributed by atoms with Gasteiger partial charge in [0, 0.05) is 21.8 Å². The van der Waals surface area contributed by atoms with Crippen molar-refractivity contribution in [2.45, 2.75) is 6.04 Å². The Morgan fingerprint density at radius 1 is 0.871 bits per heavy atom. The Hall–Kier alpha value is -3.63. The van der Waals surface area contributed by atoms with Gasteiger partial charge in [0.25, 0.3) is 5.91 Å². The van der Waals surface area contributed by atoms with Gasteiger partial charge in [0.2, 0.25) is 5.91 Å². The summed E-state index contributed by atoms with van der Waals surface area (Å²) in [6.45, 7) is -0.0580. The summed E-state index contributed by atoms with van der Waals surface area (Å²) in [6, 6.07) is 28.1. The zero-order valence-electron chi connectivity index (χ0n) is 16.6. The van der Waals surface area contributed by atoms with Crippen LogP contribution in [0.1, 0.15) is 27.5 Å². The molecule has 0 bridgehead atoms. The van der Waals surface area contributed by atoms with Crippen LogP contribution in [0.4, 0.5) is 5.69 Å². The summed E-state index contributed by atoms with van der Waals surface area (Å²) in [5.74, 6) is -0.446. The van der Waals surface area contributed by atoms with Crippen LogP contribution in [0.2, 0.25) is 5.02 Å². The summed E-state index contributed by atoms with van der Waals surface area (Å²) in [6.07, 6.45) is 0. The van der Waals surface area contributed by atoms with Crippen LogP contribution in [-0.4, -0.2) is 23.3 Å². The highest BCUT2D eigenvalue weighted by atomic mass is 35.5. The molecule has 1 aliphatic rings. The number of nitrogens with one attached hydrogen (secondary N) is 1. The quantitative estimate of drug-likeness (QED) is 0.448. The Bertz CT molecular complexity index is 1300. The summed E-state index contributed by atoms with van der Waals surface area (Å²) in [5.41, 5.74) is 2.91. The van der Waals surface area contributed by atoms with Gasteiger partial charge in [-0.05, 0) is 46.7 Å². The zero-order chi connectivity index (χ0) is 21.4. The highest BCUT2D eigenvalue weighted by Gasteiger charge is 2.34. The summed E-state index contributed by atoms with van der Waals surface area (Å²) in [5, 5.41) is 5.51. The Morgan fingerprint density at radius 3 is 2.42 bits per heavy atom. The van der Waals surface area contributed by atoms with Crippen molar-refractivity contribution in [3.63, 3.8) is 0 Å². The number of anilines is 1. The Balaban J connectivity index is 1.66. The third-order valence-corrected chi connectivity index (χ3v) is 5.82. The Morgan fingerprint density at radius 2 is 1.61 bits per heavy atom. The van der Waals surface area contributed by atoms with E-state index in [0.717, 1.165) is 21.9 Å². The number of hydrogen-bond donors (Lipinski definition) is 1. The summed E-state index contributed by atoms with van der Waals surface area (Å²) in [4.78, 5) is 28.1. The number of rotatable bonds is 2. The zero-order valence-corrected chi connectivity index (χ0v) is 17.3. The van der Waals surface area contributed by atoms with Gasteiger partial charge in [-0.3, -0.25) is 9.59 Å². The minimum Gasteiger partial charge on any atom is -0.324 e. The van der Waals surface area contributed by atoms with E-state index in [1.165, 1.54) is 0 Å². The van der Waals surface area contributed by atoms with Gasteiger partial charge >= 0.3 is 0 Å². The summed E-state index contributed by atoms with van der Waals surface area (Å²) >= 11 is 6.31. The minimum atomic E-state index is -0.451. The number of hydrogen-bond acceptors (Lipinski definition) is 2. The van der Waals surface area contributed by atoms with E-state index in [4.69, 9.17) is 11.6 Å². The van der Waals surface area contributed by atoms with Crippen LogP contribution in [-0.2, 0) is 4.79 Å². The molecule has 0 saturated carbocycles. The van der Waals surface area contributed by atoms with E-state index in [0.29, 0.717) is 16.3 Å². The van der Waals surface area contributed by atoms with E-state index in [1.54, 1.807) is 17.0 Å². The molecule has 0 aliphatic carbocycles. The molecule has 4 nitrogen and oxygen atoms in total. The van der Waals surface area contributed by atoms with E-state index in [-0.39, 0.29) is 18.4 Å². The molecular formula is C26H19ClN2O2. The molecule has 4 aromatic carbocycles. The average molecular weight is 427 g/mol. The van der Waals surface area contributed by atoms with Crippen LogP contribution >= 0.6 is 11.6 Å². The van der Waals surface area contributed by atoms with Crippen molar-refractivity contribution in [2.24, 2.45) is 0 Å². The molecule has 4 aromatic rings. The standard InChI is InChI=1S/C26H19ClN2O2/c27-21-12-13-23-22(15-21)25(18-7-2-1-3-8-18)29(16-24(30)28-23)26(31)20-11-10-17-6-4-5-9-19(17)14-20/h1-15,25H,16H2,(H,28,30)/t25-/m1/s1. The fourth-order valence-electron chi connectivity index (χ4n) is 4.15. The molecule has 2 amide bonds. The molecule has 0 radical (unpaired) electrons. The maximum atomic E-state index is 13.7. The van der Waals surface area contributed by atoms with Gasteiger partial charge in [0.1, 0.15) is 6.54 Å². The molecule has 1 N–H and O–H groups in total. The van der Waals surface area contributed by atoms with Crippen molar-refractivity contribution in [1.82, 2.24) is 4.90 Å². The normalized spacial score (nSPS) is 15.8. The van der Waals surface area contributed by atoms with Gasteiger partial charge in [0.05, 0.1) is 6.04 Å². The van der Waals surface area contributed by atoms with Crippen LogP contribution in [0.25, 0.3) is 10.8 Å². The van der Waals surface area contributed by atoms with Crippen molar-refractivity contribution in [3.05, 3.63) is 113 Å². The first-order valence-corrected chi connectivity index (χ1v) is 10.4. The minimum absolute atomic E-state index is 0.0580. The van der Waals surface area contributed by atoms with Gasteiger partial charge in [0.15, 0.2) is 0 Å². The fraction of sp³-hybridized carbons (Fsp3) is 0.0769. The summed E-state index contributed by atoms with van der Waals surface area (Å²) in [7, 11) is 0. The van der Waals surface area contributed by atoms with Crippen molar-refractivity contribution in [1.29, 1.82) is 0 Å². The van der Waals surface area contributed by atoms with Crippen molar-refractivity contribution in [3.8, 4) is 0 Å². The Labute approximate surface area is 185 Å². The third kappa shape index (κ3) is 3.66. The number of carbonyl (C=O) groups is 2. The SMILES string of the molecule is O=C1CN(C(=O)c2ccc3ccccc3c2)[C@H](c2ccccc2)c2cc(Cl)ccc2N1. The Kier molecular flexibility index (Phi) is 4.92. The van der Waals surface area contributed by atoms with Gasteiger partial charge < -0.3 is 10.2 Å². The van der Waals surface area contributed by atoms with Crippen molar-refractivity contribution in [2.75, 3.05) is 11.9 Å². The fourth-order valence-corrected chi connectivity index (χ4v) is 4.33. The lowest BCUT2D eigenvalue weighted by atomic mass is 9.95. The lowest BCUT2D eigenvalue weighted by Crippen LogP contribution is -2.39. The van der Waals surface area contributed by atoms with Gasteiger partial charge in [-0.15, -0.1) is 0 Å². The van der Waals surface area contributed by atoms with E-state index < -0.39 is 6.04 Å².